The van der Waals surface area contributed by atoms with Crippen LogP contribution >= 0.6 is 11.8 Å². The van der Waals surface area contributed by atoms with Crippen molar-refractivity contribution in [1.82, 2.24) is 5.32 Å². The number of fused-ring (bicyclic) bond motifs is 1. The van der Waals surface area contributed by atoms with Crippen molar-refractivity contribution in [2.75, 3.05) is 18.6 Å². The minimum atomic E-state index is 0.624. The highest BCUT2D eigenvalue weighted by Gasteiger charge is 2.19. The summed E-state index contributed by atoms with van der Waals surface area (Å²) in [5.41, 5.74) is 3.16. The zero-order valence-electron chi connectivity index (χ0n) is 10.9. The van der Waals surface area contributed by atoms with Crippen LogP contribution < -0.4 is 5.32 Å². The summed E-state index contributed by atoms with van der Waals surface area (Å²) in [5, 5.41) is 3.67. The Hall–Kier alpha value is -0.470. The van der Waals surface area contributed by atoms with E-state index < -0.39 is 0 Å². The number of rotatable bonds is 5. The maximum Gasteiger partial charge on any atom is 0.0130 e. The molecule has 0 radical (unpaired) electrons. The Morgan fingerprint density at radius 2 is 2.24 bits per heavy atom. The van der Waals surface area contributed by atoms with E-state index >= 15 is 0 Å². The van der Waals surface area contributed by atoms with Gasteiger partial charge in [-0.2, -0.15) is 11.8 Å². The van der Waals surface area contributed by atoms with E-state index in [1.165, 1.54) is 25.0 Å². The molecule has 1 aromatic carbocycles. The van der Waals surface area contributed by atoms with Crippen molar-refractivity contribution in [3.8, 4) is 0 Å². The van der Waals surface area contributed by atoms with Crippen LogP contribution in [0.1, 0.15) is 36.8 Å². The Morgan fingerprint density at radius 3 is 3.06 bits per heavy atom. The predicted octanol–water partition coefficient (Wildman–Crippen LogP) is 3.45. The van der Waals surface area contributed by atoms with Gasteiger partial charge in [0.15, 0.2) is 0 Å². The van der Waals surface area contributed by atoms with Gasteiger partial charge in [-0.05, 0) is 49.5 Å². The van der Waals surface area contributed by atoms with E-state index in [0.29, 0.717) is 6.04 Å². The molecule has 2 unspecified atom stereocenters. The smallest absolute Gasteiger partial charge is 0.0130 e. The molecule has 0 spiro atoms. The molecule has 1 aliphatic carbocycles. The molecule has 2 heteroatoms. The van der Waals surface area contributed by atoms with Crippen LogP contribution in [0, 0.1) is 0 Å². The average Bonchev–Trinajstić information content (AvgIpc) is 2.36. The molecule has 17 heavy (non-hydrogen) atoms. The van der Waals surface area contributed by atoms with Gasteiger partial charge in [0, 0.05) is 18.3 Å². The lowest BCUT2D eigenvalue weighted by Crippen LogP contribution is -2.33. The Morgan fingerprint density at radius 1 is 1.41 bits per heavy atom. The van der Waals surface area contributed by atoms with Crippen molar-refractivity contribution >= 4 is 11.8 Å². The molecular weight excluding hydrogens is 226 g/mol. The van der Waals surface area contributed by atoms with E-state index in [4.69, 9.17) is 0 Å². The van der Waals surface area contributed by atoms with Crippen LogP contribution in [0.2, 0.25) is 0 Å². The molecule has 1 N–H and O–H groups in total. The number of hydrogen-bond donors (Lipinski definition) is 1. The zero-order chi connectivity index (χ0) is 12.1. The first-order chi connectivity index (χ1) is 8.31. The molecular formula is C15H23NS. The second kappa shape index (κ2) is 6.46. The van der Waals surface area contributed by atoms with E-state index in [9.17, 15) is 0 Å². The monoisotopic (exact) mass is 249 g/mol. The number of nitrogens with one attached hydrogen (secondary N) is 1. The summed E-state index contributed by atoms with van der Waals surface area (Å²) in [4.78, 5) is 0. The molecule has 0 heterocycles. The molecule has 0 saturated heterocycles. The highest BCUT2D eigenvalue weighted by molar-refractivity contribution is 7.98. The molecule has 0 aliphatic heterocycles. The van der Waals surface area contributed by atoms with E-state index in [-0.39, 0.29) is 0 Å². The molecule has 1 aliphatic rings. The summed E-state index contributed by atoms with van der Waals surface area (Å²) in [7, 11) is 0. The summed E-state index contributed by atoms with van der Waals surface area (Å²) in [6.45, 7) is 3.42. The summed E-state index contributed by atoms with van der Waals surface area (Å²) in [5.74, 6) is 1.93. The van der Waals surface area contributed by atoms with Crippen molar-refractivity contribution in [2.45, 2.75) is 38.1 Å². The van der Waals surface area contributed by atoms with Crippen LogP contribution in [0.15, 0.2) is 24.3 Å². The molecule has 1 aromatic rings. The van der Waals surface area contributed by atoms with Crippen molar-refractivity contribution in [3.05, 3.63) is 35.4 Å². The lowest BCUT2D eigenvalue weighted by Gasteiger charge is -2.27. The highest BCUT2D eigenvalue weighted by atomic mass is 32.2. The summed E-state index contributed by atoms with van der Waals surface area (Å²) >= 11 is 1.92. The van der Waals surface area contributed by atoms with Gasteiger partial charge in [-0.25, -0.2) is 0 Å². The first-order valence-corrected chi connectivity index (χ1v) is 8.00. The van der Waals surface area contributed by atoms with Crippen molar-refractivity contribution in [3.63, 3.8) is 0 Å². The van der Waals surface area contributed by atoms with Gasteiger partial charge in [0.05, 0.1) is 0 Å². The van der Waals surface area contributed by atoms with Gasteiger partial charge >= 0.3 is 0 Å². The van der Waals surface area contributed by atoms with Crippen LogP contribution in [0.3, 0.4) is 0 Å². The van der Waals surface area contributed by atoms with Gasteiger partial charge in [-0.1, -0.05) is 24.3 Å². The molecule has 1 nitrogen and oxygen atoms in total. The van der Waals surface area contributed by atoms with Gasteiger partial charge in [0.25, 0.3) is 0 Å². The SMILES string of the molecule is CSCC(C)NCC1CCCc2ccccc21. The lowest BCUT2D eigenvalue weighted by atomic mass is 9.83. The van der Waals surface area contributed by atoms with Gasteiger partial charge in [-0.3, -0.25) is 0 Å². The third-order valence-corrected chi connectivity index (χ3v) is 4.46. The van der Waals surface area contributed by atoms with Gasteiger partial charge in [0.2, 0.25) is 0 Å². The van der Waals surface area contributed by atoms with E-state index in [1.54, 1.807) is 11.1 Å². The van der Waals surface area contributed by atoms with Crippen LogP contribution in [0.5, 0.6) is 0 Å². The van der Waals surface area contributed by atoms with Gasteiger partial charge < -0.3 is 5.32 Å². The number of thioether (sulfide) groups is 1. The normalized spacial score (nSPS) is 20.9. The average molecular weight is 249 g/mol. The number of benzene rings is 1. The summed E-state index contributed by atoms with van der Waals surface area (Å²) < 4.78 is 0. The minimum absolute atomic E-state index is 0.624. The fraction of sp³-hybridized carbons (Fsp3) is 0.600. The summed E-state index contributed by atoms with van der Waals surface area (Å²) in [6, 6.07) is 9.60. The van der Waals surface area contributed by atoms with E-state index in [1.807, 2.05) is 11.8 Å². The summed E-state index contributed by atoms with van der Waals surface area (Å²) in [6.07, 6.45) is 6.14. The Kier molecular flexibility index (Phi) is 4.93. The van der Waals surface area contributed by atoms with Crippen molar-refractivity contribution in [2.24, 2.45) is 0 Å². The van der Waals surface area contributed by atoms with E-state index in [0.717, 1.165) is 12.5 Å². The maximum absolute atomic E-state index is 3.67. The number of aryl methyl sites for hydroxylation is 1. The van der Waals surface area contributed by atoms with Gasteiger partial charge in [-0.15, -0.1) is 0 Å². The first-order valence-electron chi connectivity index (χ1n) is 6.61. The predicted molar refractivity (Wildman–Crippen MR) is 78.0 cm³/mol. The second-order valence-corrected chi connectivity index (χ2v) is 5.96. The Labute approximate surface area is 109 Å². The Balaban J connectivity index is 1.94. The van der Waals surface area contributed by atoms with Crippen LogP contribution in [-0.4, -0.2) is 24.6 Å². The molecule has 2 rings (SSSR count). The third-order valence-electron chi connectivity index (χ3n) is 3.62. The largest absolute Gasteiger partial charge is 0.313 e. The van der Waals surface area contributed by atoms with Crippen LogP contribution in [-0.2, 0) is 6.42 Å². The molecule has 2 atom stereocenters. The molecule has 0 saturated carbocycles. The Bertz CT molecular complexity index is 351. The first kappa shape index (κ1) is 13.0. The third kappa shape index (κ3) is 3.49. The molecule has 0 aromatic heterocycles. The van der Waals surface area contributed by atoms with Crippen molar-refractivity contribution in [1.29, 1.82) is 0 Å². The van der Waals surface area contributed by atoms with Crippen molar-refractivity contribution < 1.29 is 0 Å². The van der Waals surface area contributed by atoms with Gasteiger partial charge in [0.1, 0.15) is 0 Å². The fourth-order valence-electron chi connectivity index (χ4n) is 2.72. The quantitative estimate of drug-likeness (QED) is 0.858. The molecule has 0 fully saturated rings. The zero-order valence-corrected chi connectivity index (χ0v) is 11.7. The molecule has 94 valence electrons. The standard InChI is InChI=1S/C15H23NS/c1-12(11-17-2)16-10-14-8-5-7-13-6-3-4-9-15(13)14/h3-4,6,9,12,14,16H,5,7-8,10-11H2,1-2H3. The fourth-order valence-corrected chi connectivity index (χ4v) is 3.34. The van der Waals surface area contributed by atoms with E-state index in [2.05, 4.69) is 42.8 Å². The topological polar surface area (TPSA) is 12.0 Å². The maximum atomic E-state index is 3.67. The van der Waals surface area contributed by atoms with Crippen LogP contribution in [0.25, 0.3) is 0 Å². The second-order valence-electron chi connectivity index (χ2n) is 5.05. The minimum Gasteiger partial charge on any atom is -0.313 e. The highest BCUT2D eigenvalue weighted by Crippen LogP contribution is 2.30. The lowest BCUT2D eigenvalue weighted by molar-refractivity contribution is 0.482. The molecule has 0 amide bonds. The number of hydrogen-bond acceptors (Lipinski definition) is 2. The molecule has 0 bridgehead atoms. The van der Waals surface area contributed by atoms with Crippen LogP contribution in [0.4, 0.5) is 0 Å².